The monoisotopic (exact) mass is 343 g/mol. The minimum absolute atomic E-state index is 0.0593. The van der Waals surface area contributed by atoms with Gasteiger partial charge in [0.05, 0.1) is 0 Å². The van der Waals surface area contributed by atoms with Crippen molar-refractivity contribution < 1.29 is 31.5 Å². The molecule has 0 aliphatic carbocycles. The lowest BCUT2D eigenvalue weighted by Gasteiger charge is -2.16. The number of sulfonamides is 1. The van der Waals surface area contributed by atoms with Crippen molar-refractivity contribution in [1.82, 2.24) is 14.5 Å². The number of carboxylic acid groups (broad SMARTS) is 1. The Balaban J connectivity index is 3.22. The number of halogens is 3. The van der Waals surface area contributed by atoms with Gasteiger partial charge in [0, 0.05) is 13.2 Å². The van der Waals surface area contributed by atoms with Gasteiger partial charge in [0.1, 0.15) is 10.9 Å². The largest absolute Gasteiger partial charge is 0.480 e. The number of nitrogens with zero attached hydrogens (tertiary/aromatic N) is 2. The van der Waals surface area contributed by atoms with Crippen molar-refractivity contribution in [2.24, 2.45) is 13.0 Å². The molecule has 0 aromatic carbocycles. The fourth-order valence-corrected chi connectivity index (χ4v) is 3.18. The molecule has 126 valence electrons. The van der Waals surface area contributed by atoms with Gasteiger partial charge in [0.2, 0.25) is 10.0 Å². The van der Waals surface area contributed by atoms with Crippen LogP contribution in [-0.4, -0.2) is 35.3 Å². The molecule has 0 aliphatic heterocycles. The van der Waals surface area contributed by atoms with E-state index in [1.165, 1.54) is 0 Å². The van der Waals surface area contributed by atoms with Crippen LogP contribution in [0.15, 0.2) is 11.1 Å². The fourth-order valence-electron chi connectivity index (χ4n) is 1.78. The van der Waals surface area contributed by atoms with Gasteiger partial charge in [0.15, 0.2) is 5.69 Å². The third kappa shape index (κ3) is 4.44. The lowest BCUT2D eigenvalue weighted by Crippen LogP contribution is -2.42. The topological polar surface area (TPSA) is 101 Å². The molecule has 1 atom stereocenters. The summed E-state index contributed by atoms with van der Waals surface area (Å²) in [4.78, 5) is 9.96. The number of hydrogen-bond donors (Lipinski definition) is 2. The number of carbonyl (C=O) groups is 1. The van der Waals surface area contributed by atoms with Crippen LogP contribution in [0.5, 0.6) is 0 Å². The SMILES string of the molecule is CC(C)C[C@H](NS(=O)(=O)c1cn(C)nc1C(F)(F)F)C(=O)O. The number of aryl methyl sites for hydroxylation is 1. The van der Waals surface area contributed by atoms with Crippen LogP contribution in [0.3, 0.4) is 0 Å². The number of carboxylic acids is 1. The first-order valence-electron chi connectivity index (χ1n) is 6.20. The number of nitrogens with one attached hydrogen (secondary N) is 1. The molecule has 0 unspecified atom stereocenters. The van der Waals surface area contributed by atoms with E-state index in [1.54, 1.807) is 18.6 Å². The van der Waals surface area contributed by atoms with Crippen molar-refractivity contribution >= 4 is 16.0 Å². The van der Waals surface area contributed by atoms with E-state index < -0.39 is 38.8 Å². The van der Waals surface area contributed by atoms with Crippen LogP contribution in [0.4, 0.5) is 13.2 Å². The second-order valence-corrected chi connectivity index (χ2v) is 6.84. The third-order valence-electron chi connectivity index (χ3n) is 2.66. The highest BCUT2D eigenvalue weighted by atomic mass is 32.2. The highest BCUT2D eigenvalue weighted by Crippen LogP contribution is 2.32. The first-order chi connectivity index (χ1) is 9.84. The second kappa shape index (κ2) is 6.24. The Bertz CT molecular complexity index is 652. The normalized spacial score (nSPS) is 14.3. The molecule has 1 aromatic rings. The minimum Gasteiger partial charge on any atom is -0.480 e. The molecule has 11 heteroatoms. The van der Waals surface area contributed by atoms with E-state index in [4.69, 9.17) is 5.11 Å². The van der Waals surface area contributed by atoms with E-state index in [9.17, 15) is 26.4 Å². The molecule has 0 aliphatic rings. The van der Waals surface area contributed by atoms with Crippen molar-refractivity contribution in [1.29, 1.82) is 0 Å². The molecular formula is C11H16F3N3O4S. The van der Waals surface area contributed by atoms with Gasteiger partial charge < -0.3 is 5.11 Å². The Hall–Kier alpha value is -1.62. The second-order valence-electron chi connectivity index (χ2n) is 5.16. The Morgan fingerprint density at radius 1 is 1.45 bits per heavy atom. The van der Waals surface area contributed by atoms with E-state index >= 15 is 0 Å². The minimum atomic E-state index is -4.97. The van der Waals surface area contributed by atoms with Gasteiger partial charge >= 0.3 is 12.1 Å². The summed E-state index contributed by atoms with van der Waals surface area (Å²) in [5, 5.41) is 12.1. The smallest absolute Gasteiger partial charge is 0.436 e. The maximum atomic E-state index is 12.8. The predicted octanol–water partition coefficient (Wildman–Crippen LogP) is 1.22. The molecular weight excluding hydrogens is 327 g/mol. The van der Waals surface area contributed by atoms with Crippen LogP contribution < -0.4 is 4.72 Å². The van der Waals surface area contributed by atoms with Crippen LogP contribution in [0.25, 0.3) is 0 Å². The van der Waals surface area contributed by atoms with Crippen LogP contribution in [0, 0.1) is 5.92 Å². The summed E-state index contributed by atoms with van der Waals surface area (Å²) in [5.74, 6) is -1.63. The summed E-state index contributed by atoms with van der Waals surface area (Å²) in [6, 6.07) is -1.52. The highest BCUT2D eigenvalue weighted by molar-refractivity contribution is 7.89. The Morgan fingerprint density at radius 2 is 2.00 bits per heavy atom. The lowest BCUT2D eigenvalue weighted by molar-refractivity contribution is -0.143. The van der Waals surface area contributed by atoms with Crippen molar-refractivity contribution in [3.8, 4) is 0 Å². The molecule has 0 amide bonds. The Labute approximate surface area is 125 Å². The molecule has 0 spiro atoms. The highest BCUT2D eigenvalue weighted by Gasteiger charge is 2.41. The molecule has 0 saturated carbocycles. The van der Waals surface area contributed by atoms with E-state index in [-0.39, 0.29) is 12.3 Å². The van der Waals surface area contributed by atoms with E-state index in [2.05, 4.69) is 5.10 Å². The first kappa shape index (κ1) is 18.4. The molecule has 0 bridgehead atoms. The summed E-state index contributed by atoms with van der Waals surface area (Å²) in [6.45, 7) is 3.32. The maximum absolute atomic E-state index is 12.8. The first-order valence-corrected chi connectivity index (χ1v) is 7.69. The number of rotatable bonds is 6. The van der Waals surface area contributed by atoms with E-state index in [1.807, 2.05) is 0 Å². The van der Waals surface area contributed by atoms with Crippen molar-refractivity contribution in [2.75, 3.05) is 0 Å². The number of aliphatic carboxylic acids is 1. The predicted molar refractivity (Wildman–Crippen MR) is 69.4 cm³/mol. The quantitative estimate of drug-likeness (QED) is 0.809. The average Bonchev–Trinajstić information content (AvgIpc) is 2.70. The fraction of sp³-hybridized carbons (Fsp3) is 0.636. The molecule has 1 rings (SSSR count). The van der Waals surface area contributed by atoms with Gasteiger partial charge in [-0.15, -0.1) is 0 Å². The molecule has 22 heavy (non-hydrogen) atoms. The zero-order valence-corrected chi connectivity index (χ0v) is 12.9. The van der Waals surface area contributed by atoms with Gasteiger partial charge in [-0.25, -0.2) is 8.42 Å². The summed E-state index contributed by atoms with van der Waals surface area (Å²) < 4.78 is 65.1. The molecule has 0 saturated heterocycles. The van der Waals surface area contributed by atoms with Gasteiger partial charge in [-0.05, 0) is 12.3 Å². The standard InChI is InChI=1S/C11H16F3N3O4S/c1-6(2)4-7(10(18)19)16-22(20,21)8-5-17(3)15-9(8)11(12,13)14/h5-7,16H,4H2,1-3H3,(H,18,19)/t7-/m0/s1. The summed E-state index contributed by atoms with van der Waals surface area (Å²) in [7, 11) is -3.54. The Morgan fingerprint density at radius 3 is 2.41 bits per heavy atom. The summed E-state index contributed by atoms with van der Waals surface area (Å²) in [5.41, 5.74) is -1.59. The third-order valence-corrected chi connectivity index (χ3v) is 4.13. The molecule has 1 heterocycles. The molecule has 2 N–H and O–H groups in total. The molecule has 7 nitrogen and oxygen atoms in total. The van der Waals surface area contributed by atoms with E-state index in [0.717, 1.165) is 7.05 Å². The van der Waals surface area contributed by atoms with Gasteiger partial charge in [-0.3, -0.25) is 9.48 Å². The van der Waals surface area contributed by atoms with Crippen molar-refractivity contribution in [3.05, 3.63) is 11.9 Å². The van der Waals surface area contributed by atoms with Gasteiger partial charge in [-0.2, -0.15) is 23.0 Å². The lowest BCUT2D eigenvalue weighted by atomic mass is 10.1. The summed E-state index contributed by atoms with van der Waals surface area (Å²) >= 11 is 0. The number of alkyl halides is 3. The Kier molecular flexibility index (Phi) is 5.23. The molecule has 1 aromatic heterocycles. The summed E-state index contributed by atoms with van der Waals surface area (Å²) in [6.07, 6.45) is -4.35. The van der Waals surface area contributed by atoms with E-state index in [0.29, 0.717) is 10.9 Å². The average molecular weight is 343 g/mol. The number of aromatic nitrogens is 2. The van der Waals surface area contributed by atoms with Crippen LogP contribution in [0.1, 0.15) is 26.0 Å². The van der Waals surface area contributed by atoms with Crippen LogP contribution >= 0.6 is 0 Å². The van der Waals surface area contributed by atoms with Crippen molar-refractivity contribution in [2.45, 2.75) is 37.4 Å². The van der Waals surface area contributed by atoms with Crippen molar-refractivity contribution in [3.63, 3.8) is 0 Å². The van der Waals surface area contributed by atoms with Gasteiger partial charge in [-0.1, -0.05) is 13.8 Å². The van der Waals surface area contributed by atoms with Crippen LogP contribution in [0.2, 0.25) is 0 Å². The maximum Gasteiger partial charge on any atom is 0.436 e. The molecule has 0 fully saturated rings. The number of hydrogen-bond acceptors (Lipinski definition) is 4. The van der Waals surface area contributed by atoms with Crippen LogP contribution in [-0.2, 0) is 28.0 Å². The molecule has 0 radical (unpaired) electrons. The van der Waals surface area contributed by atoms with Gasteiger partial charge in [0.25, 0.3) is 0 Å². The zero-order valence-electron chi connectivity index (χ0n) is 12.0. The zero-order chi connectivity index (χ0) is 17.3.